The van der Waals surface area contributed by atoms with Gasteiger partial charge in [-0.3, -0.25) is 4.79 Å². The highest BCUT2D eigenvalue weighted by molar-refractivity contribution is 5.95. The number of methoxy groups -OCH3 is 1. The molecule has 4 aromatic rings. The van der Waals surface area contributed by atoms with E-state index in [1.807, 2.05) is 43.3 Å². The van der Waals surface area contributed by atoms with Crippen LogP contribution in [0.25, 0.3) is 11.0 Å². The van der Waals surface area contributed by atoms with Gasteiger partial charge in [0, 0.05) is 34.8 Å². The van der Waals surface area contributed by atoms with Gasteiger partial charge in [0.05, 0.1) is 7.11 Å². The largest absolute Gasteiger partial charge is 0.497 e. The van der Waals surface area contributed by atoms with E-state index in [0.29, 0.717) is 28.3 Å². The first-order valence-corrected chi connectivity index (χ1v) is 9.74. The van der Waals surface area contributed by atoms with Crippen LogP contribution in [0.2, 0.25) is 0 Å². The lowest BCUT2D eigenvalue weighted by molar-refractivity contribution is -0.123. The van der Waals surface area contributed by atoms with E-state index in [2.05, 4.69) is 5.32 Å². The molecule has 1 N–H and O–H groups in total. The van der Waals surface area contributed by atoms with Crippen molar-refractivity contribution in [3.05, 3.63) is 100 Å². The molecule has 0 radical (unpaired) electrons. The summed E-state index contributed by atoms with van der Waals surface area (Å²) < 4.78 is 16.6. The van der Waals surface area contributed by atoms with E-state index in [-0.39, 0.29) is 5.91 Å². The number of fused-ring (bicyclic) bond motifs is 1. The Morgan fingerprint density at radius 2 is 1.74 bits per heavy atom. The van der Waals surface area contributed by atoms with Crippen LogP contribution in [0.3, 0.4) is 0 Å². The predicted octanol–water partition coefficient (Wildman–Crippen LogP) is 4.87. The van der Waals surface area contributed by atoms with Crippen molar-refractivity contribution in [2.45, 2.75) is 13.0 Å². The van der Waals surface area contributed by atoms with Crippen molar-refractivity contribution in [2.75, 3.05) is 12.4 Å². The van der Waals surface area contributed by atoms with Crippen LogP contribution < -0.4 is 20.4 Å². The molecule has 1 aromatic heterocycles. The van der Waals surface area contributed by atoms with E-state index >= 15 is 0 Å². The van der Waals surface area contributed by atoms with Crippen molar-refractivity contribution >= 4 is 22.6 Å². The summed E-state index contributed by atoms with van der Waals surface area (Å²) in [5.74, 6) is 0.705. The molecule has 6 heteroatoms. The summed E-state index contributed by atoms with van der Waals surface area (Å²) in [5, 5.41) is 3.68. The van der Waals surface area contributed by atoms with Crippen LogP contribution in [0.15, 0.2) is 88.1 Å². The minimum Gasteiger partial charge on any atom is -0.497 e. The van der Waals surface area contributed by atoms with Gasteiger partial charge in [0.15, 0.2) is 0 Å². The number of anilines is 1. The van der Waals surface area contributed by atoms with Gasteiger partial charge in [-0.25, -0.2) is 4.79 Å². The van der Waals surface area contributed by atoms with Crippen LogP contribution in [0.1, 0.15) is 17.2 Å². The number of carbonyl (C=O) groups excluding carboxylic acids is 1. The molecule has 31 heavy (non-hydrogen) atoms. The summed E-state index contributed by atoms with van der Waals surface area (Å²) in [6, 6.07) is 22.9. The van der Waals surface area contributed by atoms with Gasteiger partial charge < -0.3 is 19.2 Å². The van der Waals surface area contributed by atoms with Crippen molar-refractivity contribution in [3.63, 3.8) is 0 Å². The molecular formula is C25H21NO5. The smallest absolute Gasteiger partial charge is 0.336 e. The maximum absolute atomic E-state index is 13.1. The number of rotatable bonds is 6. The molecule has 156 valence electrons. The number of benzene rings is 3. The second-order valence-corrected chi connectivity index (χ2v) is 7.04. The fourth-order valence-electron chi connectivity index (χ4n) is 3.32. The van der Waals surface area contributed by atoms with E-state index in [1.165, 1.54) is 6.07 Å². The van der Waals surface area contributed by atoms with Crippen molar-refractivity contribution in [1.29, 1.82) is 0 Å². The first-order chi connectivity index (χ1) is 15.0. The third kappa shape index (κ3) is 4.59. The van der Waals surface area contributed by atoms with Crippen LogP contribution in [-0.4, -0.2) is 13.0 Å². The van der Waals surface area contributed by atoms with Gasteiger partial charge in [-0.05, 0) is 36.8 Å². The van der Waals surface area contributed by atoms with Crippen LogP contribution in [0.5, 0.6) is 11.5 Å². The third-order valence-electron chi connectivity index (χ3n) is 4.85. The Balaban J connectivity index is 1.66. The Kier molecular flexibility index (Phi) is 5.71. The summed E-state index contributed by atoms with van der Waals surface area (Å²) in [5.41, 5.74) is 2.07. The second kappa shape index (κ2) is 8.75. The van der Waals surface area contributed by atoms with Gasteiger partial charge in [-0.1, -0.05) is 36.4 Å². The zero-order valence-corrected chi connectivity index (χ0v) is 17.1. The third-order valence-corrected chi connectivity index (χ3v) is 4.85. The Bertz CT molecular complexity index is 1280. The molecule has 6 nitrogen and oxygen atoms in total. The summed E-state index contributed by atoms with van der Waals surface area (Å²) in [6.07, 6.45) is -0.915. The van der Waals surface area contributed by atoms with E-state index < -0.39 is 11.7 Å². The van der Waals surface area contributed by atoms with E-state index in [9.17, 15) is 9.59 Å². The Hall–Kier alpha value is -4.06. The minimum absolute atomic E-state index is 0.342. The molecule has 0 fully saturated rings. The van der Waals surface area contributed by atoms with Crippen molar-refractivity contribution in [3.8, 4) is 11.5 Å². The highest BCUT2D eigenvalue weighted by Gasteiger charge is 2.23. The predicted molar refractivity (Wildman–Crippen MR) is 119 cm³/mol. The number of hydrogen-bond acceptors (Lipinski definition) is 5. The van der Waals surface area contributed by atoms with Crippen molar-refractivity contribution in [2.24, 2.45) is 0 Å². The molecule has 1 amide bonds. The quantitative estimate of drug-likeness (QED) is 0.455. The molecule has 0 aliphatic heterocycles. The topological polar surface area (TPSA) is 77.8 Å². The van der Waals surface area contributed by atoms with Crippen LogP contribution in [-0.2, 0) is 4.79 Å². The molecule has 0 aliphatic carbocycles. The van der Waals surface area contributed by atoms with Crippen LogP contribution in [0, 0.1) is 6.92 Å². The molecule has 0 saturated carbocycles. The molecule has 0 saturated heterocycles. The van der Waals surface area contributed by atoms with Gasteiger partial charge in [-0.15, -0.1) is 0 Å². The molecule has 4 rings (SSSR count). The standard InChI is InChI=1S/C25H21NO5/c1-16-13-23(27)31-22-15-20(11-12-21(16)22)30-24(17-7-4-3-5-8-17)25(28)26-18-9-6-10-19(14-18)29-2/h3-15,24H,1-2H3,(H,26,28). The summed E-state index contributed by atoms with van der Waals surface area (Å²) in [6.45, 7) is 1.84. The second-order valence-electron chi connectivity index (χ2n) is 7.04. The Morgan fingerprint density at radius 1 is 0.935 bits per heavy atom. The Labute approximate surface area is 179 Å². The van der Waals surface area contributed by atoms with E-state index in [0.717, 1.165) is 10.9 Å². The zero-order valence-electron chi connectivity index (χ0n) is 17.1. The molecule has 1 atom stereocenters. The SMILES string of the molecule is COc1cccc(NC(=O)C(Oc2ccc3c(C)cc(=O)oc3c2)c2ccccc2)c1. The molecule has 1 heterocycles. The Morgan fingerprint density at radius 3 is 2.52 bits per heavy atom. The first kappa shape index (κ1) is 20.2. The van der Waals surface area contributed by atoms with Gasteiger partial charge in [0.1, 0.15) is 17.1 Å². The maximum atomic E-state index is 13.1. The highest BCUT2D eigenvalue weighted by atomic mass is 16.5. The van der Waals surface area contributed by atoms with Gasteiger partial charge in [0.2, 0.25) is 6.10 Å². The molecule has 3 aromatic carbocycles. The van der Waals surface area contributed by atoms with Gasteiger partial charge in [0.25, 0.3) is 5.91 Å². The highest BCUT2D eigenvalue weighted by Crippen LogP contribution is 2.28. The molecular weight excluding hydrogens is 394 g/mol. The van der Waals surface area contributed by atoms with Gasteiger partial charge >= 0.3 is 5.63 Å². The number of aryl methyl sites for hydroxylation is 1. The lowest BCUT2D eigenvalue weighted by Crippen LogP contribution is -2.25. The molecule has 0 aliphatic rings. The maximum Gasteiger partial charge on any atom is 0.336 e. The number of amides is 1. The number of hydrogen-bond donors (Lipinski definition) is 1. The minimum atomic E-state index is -0.915. The molecule has 1 unspecified atom stereocenters. The number of nitrogens with one attached hydrogen (secondary N) is 1. The van der Waals surface area contributed by atoms with E-state index in [4.69, 9.17) is 13.9 Å². The van der Waals surface area contributed by atoms with Crippen molar-refractivity contribution in [1.82, 2.24) is 0 Å². The lowest BCUT2D eigenvalue weighted by atomic mass is 10.1. The normalized spacial score (nSPS) is 11.7. The summed E-state index contributed by atoms with van der Waals surface area (Å²) in [7, 11) is 1.57. The zero-order chi connectivity index (χ0) is 21.8. The first-order valence-electron chi connectivity index (χ1n) is 9.74. The fraction of sp³-hybridized carbons (Fsp3) is 0.120. The van der Waals surface area contributed by atoms with Crippen molar-refractivity contribution < 1.29 is 18.7 Å². The average Bonchev–Trinajstić information content (AvgIpc) is 2.77. The fourth-order valence-corrected chi connectivity index (χ4v) is 3.32. The van der Waals surface area contributed by atoms with Crippen LogP contribution >= 0.6 is 0 Å². The number of ether oxygens (including phenoxy) is 2. The number of carbonyl (C=O) groups is 1. The lowest BCUT2D eigenvalue weighted by Gasteiger charge is -2.19. The molecule has 0 bridgehead atoms. The monoisotopic (exact) mass is 415 g/mol. The van der Waals surface area contributed by atoms with Crippen LogP contribution in [0.4, 0.5) is 5.69 Å². The summed E-state index contributed by atoms with van der Waals surface area (Å²) >= 11 is 0. The van der Waals surface area contributed by atoms with Gasteiger partial charge in [-0.2, -0.15) is 0 Å². The average molecular weight is 415 g/mol. The molecule has 0 spiro atoms. The van der Waals surface area contributed by atoms with E-state index in [1.54, 1.807) is 43.5 Å². The summed E-state index contributed by atoms with van der Waals surface area (Å²) in [4.78, 5) is 24.9.